The second-order valence-corrected chi connectivity index (χ2v) is 10.9. The molecule has 3 rings (SSSR count). The summed E-state index contributed by atoms with van der Waals surface area (Å²) < 4.78 is 5.25. The number of aliphatic hydroxyl groups excluding tert-OH is 3. The summed E-state index contributed by atoms with van der Waals surface area (Å²) in [4.78, 5) is 0. The molecule has 0 radical (unpaired) electrons. The van der Waals surface area contributed by atoms with Gasteiger partial charge in [0.15, 0.2) is 0 Å². The average molecular weight is 429 g/mol. The first-order valence-corrected chi connectivity index (χ1v) is 12.8. The van der Waals surface area contributed by atoms with E-state index >= 15 is 0 Å². The summed E-state index contributed by atoms with van der Waals surface area (Å²) in [5.41, 5.74) is 0. The maximum atomic E-state index is 9.54. The summed E-state index contributed by atoms with van der Waals surface area (Å²) in [5, 5.41) is 28.5. The Labute approximate surface area is 186 Å². The topological polar surface area (TPSA) is 69.9 Å². The van der Waals surface area contributed by atoms with Gasteiger partial charge in [0, 0.05) is 12.5 Å². The Bertz CT molecular complexity index is 361. The van der Waals surface area contributed by atoms with E-state index < -0.39 is 0 Å². The van der Waals surface area contributed by atoms with Gasteiger partial charge in [-0.3, -0.25) is 0 Å². The normalized spacial score (nSPS) is 34.8. The van der Waals surface area contributed by atoms with Gasteiger partial charge in [-0.2, -0.15) is 0 Å². The van der Waals surface area contributed by atoms with Crippen molar-refractivity contribution in [3.05, 3.63) is 0 Å². The van der Waals surface area contributed by atoms with Gasteiger partial charge in [0.2, 0.25) is 0 Å². The minimum atomic E-state index is -0.131. The Morgan fingerprint density at radius 3 is 1.17 bits per heavy atom. The zero-order valence-corrected chi connectivity index (χ0v) is 20.7. The minimum Gasteiger partial charge on any atom is -0.393 e. The highest BCUT2D eigenvalue weighted by molar-refractivity contribution is 4.77. The first-order chi connectivity index (χ1) is 14.1. The van der Waals surface area contributed by atoms with Crippen molar-refractivity contribution in [2.75, 3.05) is 13.2 Å². The van der Waals surface area contributed by atoms with Crippen LogP contribution in [0.25, 0.3) is 0 Å². The van der Waals surface area contributed by atoms with Crippen LogP contribution in [0.5, 0.6) is 0 Å². The standard InChI is InChI=1S/2C9H18O.C8H16O2/c2*1-7(2)8-5-3-4-6-9(8)10;1-6(2)7-5-10-4-3-8(7)9/h2*7-10H,3-6H2,1-2H3;6-9H,3-5H2,1-2H3. The smallest absolute Gasteiger partial charge is 0.0614 e. The van der Waals surface area contributed by atoms with Crippen molar-refractivity contribution in [3.8, 4) is 0 Å². The Hall–Kier alpha value is -0.160. The molecule has 0 amide bonds. The molecule has 2 saturated carbocycles. The predicted octanol–water partition coefficient (Wildman–Crippen LogP) is 5.43. The number of hydrogen-bond donors (Lipinski definition) is 3. The summed E-state index contributed by atoms with van der Waals surface area (Å²) in [6.07, 6.45) is 10.3. The quantitative estimate of drug-likeness (QED) is 0.561. The van der Waals surface area contributed by atoms with E-state index in [0.717, 1.165) is 32.5 Å². The summed E-state index contributed by atoms with van der Waals surface area (Å²) in [5.74, 6) is 3.37. The van der Waals surface area contributed by atoms with Crippen LogP contribution in [-0.4, -0.2) is 46.8 Å². The molecule has 3 N–H and O–H groups in total. The molecule has 6 atom stereocenters. The fourth-order valence-corrected chi connectivity index (χ4v) is 5.22. The molecule has 4 nitrogen and oxygen atoms in total. The van der Waals surface area contributed by atoms with Gasteiger partial charge >= 0.3 is 0 Å². The van der Waals surface area contributed by atoms with E-state index in [-0.39, 0.29) is 18.3 Å². The van der Waals surface area contributed by atoms with E-state index in [2.05, 4.69) is 41.5 Å². The second-order valence-electron chi connectivity index (χ2n) is 10.9. The number of hydrogen-bond acceptors (Lipinski definition) is 4. The lowest BCUT2D eigenvalue weighted by molar-refractivity contribution is -0.0519. The van der Waals surface area contributed by atoms with E-state index in [1.54, 1.807) is 0 Å². The van der Waals surface area contributed by atoms with Crippen LogP contribution in [0.1, 0.15) is 99.3 Å². The maximum absolute atomic E-state index is 9.54. The summed E-state index contributed by atoms with van der Waals surface area (Å²) in [6.45, 7) is 14.5. The molecule has 0 spiro atoms. The van der Waals surface area contributed by atoms with Gasteiger partial charge in [-0.25, -0.2) is 0 Å². The summed E-state index contributed by atoms with van der Waals surface area (Å²) >= 11 is 0. The van der Waals surface area contributed by atoms with Gasteiger partial charge < -0.3 is 20.1 Å². The van der Waals surface area contributed by atoms with Gasteiger partial charge in [-0.15, -0.1) is 0 Å². The Kier molecular flexibility index (Phi) is 13.8. The highest BCUT2D eigenvalue weighted by Crippen LogP contribution is 2.30. The molecule has 0 aromatic rings. The van der Waals surface area contributed by atoms with Crippen molar-refractivity contribution in [1.82, 2.24) is 0 Å². The highest BCUT2D eigenvalue weighted by atomic mass is 16.5. The minimum absolute atomic E-state index is 0.00579. The van der Waals surface area contributed by atoms with Crippen LogP contribution < -0.4 is 0 Å². The van der Waals surface area contributed by atoms with E-state index in [0.29, 0.717) is 35.5 Å². The Morgan fingerprint density at radius 1 is 0.533 bits per heavy atom. The van der Waals surface area contributed by atoms with Crippen LogP contribution in [0.4, 0.5) is 0 Å². The molecule has 30 heavy (non-hydrogen) atoms. The first-order valence-electron chi connectivity index (χ1n) is 12.8. The lowest BCUT2D eigenvalue weighted by atomic mass is 9.79. The maximum Gasteiger partial charge on any atom is 0.0614 e. The van der Waals surface area contributed by atoms with Gasteiger partial charge in [-0.05, 0) is 61.7 Å². The fourth-order valence-electron chi connectivity index (χ4n) is 5.22. The molecule has 2 aliphatic carbocycles. The molecular weight excluding hydrogens is 376 g/mol. The zero-order chi connectivity index (χ0) is 22.7. The predicted molar refractivity (Wildman–Crippen MR) is 125 cm³/mol. The molecule has 180 valence electrons. The van der Waals surface area contributed by atoms with Gasteiger partial charge in [-0.1, -0.05) is 67.2 Å². The molecule has 4 heteroatoms. The lowest BCUT2D eigenvalue weighted by Gasteiger charge is -2.30. The molecule has 1 aliphatic heterocycles. The monoisotopic (exact) mass is 428 g/mol. The number of aliphatic hydroxyl groups is 3. The summed E-state index contributed by atoms with van der Waals surface area (Å²) in [7, 11) is 0. The lowest BCUT2D eigenvalue weighted by Crippen LogP contribution is -2.35. The SMILES string of the molecule is CC(C)C1CCCCC1O.CC(C)C1CCCCC1O.CC(C)C1COCCC1O. The van der Waals surface area contributed by atoms with Crippen LogP contribution in [0.3, 0.4) is 0 Å². The third-order valence-corrected chi connectivity index (χ3v) is 7.49. The number of rotatable bonds is 3. The Morgan fingerprint density at radius 2 is 0.900 bits per heavy atom. The van der Waals surface area contributed by atoms with Gasteiger partial charge in [0.05, 0.1) is 24.9 Å². The second kappa shape index (κ2) is 14.8. The van der Waals surface area contributed by atoms with Gasteiger partial charge in [0.25, 0.3) is 0 Å². The molecule has 3 aliphatic rings. The Balaban J connectivity index is 0.000000225. The third-order valence-electron chi connectivity index (χ3n) is 7.49. The van der Waals surface area contributed by atoms with Crippen LogP contribution in [0, 0.1) is 35.5 Å². The highest BCUT2D eigenvalue weighted by Gasteiger charge is 2.27. The van der Waals surface area contributed by atoms with E-state index in [1.807, 2.05) is 0 Å². The molecular formula is C26H52O4. The van der Waals surface area contributed by atoms with Crippen LogP contribution in [0.2, 0.25) is 0 Å². The molecule has 6 unspecified atom stereocenters. The fraction of sp³-hybridized carbons (Fsp3) is 1.00. The molecule has 0 aromatic carbocycles. The first kappa shape index (κ1) is 27.9. The number of ether oxygens (including phenoxy) is 1. The molecule has 0 aromatic heterocycles. The van der Waals surface area contributed by atoms with Gasteiger partial charge in [0.1, 0.15) is 0 Å². The van der Waals surface area contributed by atoms with Crippen molar-refractivity contribution in [3.63, 3.8) is 0 Å². The van der Waals surface area contributed by atoms with E-state index in [9.17, 15) is 15.3 Å². The van der Waals surface area contributed by atoms with Crippen LogP contribution in [0.15, 0.2) is 0 Å². The van der Waals surface area contributed by atoms with Crippen molar-refractivity contribution >= 4 is 0 Å². The van der Waals surface area contributed by atoms with Crippen LogP contribution in [-0.2, 0) is 4.74 Å². The third kappa shape index (κ3) is 9.97. The molecule has 1 saturated heterocycles. The van der Waals surface area contributed by atoms with Crippen LogP contribution >= 0.6 is 0 Å². The average Bonchev–Trinajstić information content (AvgIpc) is 2.69. The largest absolute Gasteiger partial charge is 0.393 e. The molecule has 1 heterocycles. The molecule has 3 fully saturated rings. The van der Waals surface area contributed by atoms with Crippen molar-refractivity contribution in [2.45, 2.75) is 118 Å². The molecule has 0 bridgehead atoms. The zero-order valence-electron chi connectivity index (χ0n) is 20.7. The van der Waals surface area contributed by atoms with Crippen molar-refractivity contribution in [1.29, 1.82) is 0 Å². The van der Waals surface area contributed by atoms with E-state index in [1.165, 1.54) is 38.5 Å². The summed E-state index contributed by atoms with van der Waals surface area (Å²) in [6, 6.07) is 0. The van der Waals surface area contributed by atoms with E-state index in [4.69, 9.17) is 4.74 Å². The van der Waals surface area contributed by atoms with Crippen molar-refractivity contribution in [2.24, 2.45) is 35.5 Å². The van der Waals surface area contributed by atoms with Crippen molar-refractivity contribution < 1.29 is 20.1 Å².